The summed E-state index contributed by atoms with van der Waals surface area (Å²) in [5.41, 5.74) is 4.39. The minimum atomic E-state index is -2.43. The van der Waals surface area contributed by atoms with Crippen LogP contribution in [0.15, 0.2) is 71.7 Å². The lowest BCUT2D eigenvalue weighted by Gasteiger charge is -2.09. The number of hydrogen-bond donors (Lipinski definition) is 1. The maximum atomic E-state index is 12.2. The lowest BCUT2D eigenvalue weighted by molar-refractivity contribution is 0.614. The van der Waals surface area contributed by atoms with E-state index in [0.717, 1.165) is 27.9 Å². The van der Waals surface area contributed by atoms with Gasteiger partial charge in [-0.3, -0.25) is 9.36 Å². The normalized spacial score (nSPS) is 10.9. The average Bonchev–Trinajstić information content (AvgIpc) is 2.55. The first-order valence-corrected chi connectivity index (χ1v) is 8.90. The molecule has 3 aromatic rings. The molecule has 0 bridgehead atoms. The molecule has 0 amide bonds. The second-order valence-electron chi connectivity index (χ2n) is 5.65. The van der Waals surface area contributed by atoms with Gasteiger partial charge in [0, 0.05) is 18.0 Å². The molecule has 1 heterocycles. The van der Waals surface area contributed by atoms with Gasteiger partial charge >= 0.3 is 0 Å². The van der Waals surface area contributed by atoms with Gasteiger partial charge in [-0.25, -0.2) is 8.42 Å². The van der Waals surface area contributed by atoms with Crippen molar-refractivity contribution in [2.24, 2.45) is 0 Å². The van der Waals surface area contributed by atoms with Crippen LogP contribution in [0.25, 0.3) is 16.8 Å². The molecule has 0 fully saturated rings. The highest BCUT2D eigenvalue weighted by atomic mass is 32.2. The van der Waals surface area contributed by atoms with Crippen molar-refractivity contribution in [3.05, 3.63) is 88.3 Å². The van der Waals surface area contributed by atoms with E-state index in [1.54, 1.807) is 35.0 Å². The van der Waals surface area contributed by atoms with Crippen LogP contribution in [0, 0.1) is 6.92 Å². The second kappa shape index (κ2) is 6.84. The van der Waals surface area contributed by atoms with Crippen molar-refractivity contribution in [2.45, 2.75) is 12.7 Å². The monoisotopic (exact) mass is 339 g/mol. The molecule has 0 aliphatic heterocycles. The second-order valence-corrected chi connectivity index (χ2v) is 6.63. The number of hydrogen-bond acceptors (Lipinski definition) is 3. The first-order chi connectivity index (χ1) is 11.5. The molecular formula is C19H17NO3S. The van der Waals surface area contributed by atoms with E-state index in [1.807, 2.05) is 43.3 Å². The first-order valence-electron chi connectivity index (χ1n) is 7.54. The van der Waals surface area contributed by atoms with Gasteiger partial charge in [-0.15, -0.1) is 0 Å². The fraction of sp³-hybridized carbons (Fsp3) is 0.105. The highest BCUT2D eigenvalue weighted by Gasteiger charge is 2.04. The van der Waals surface area contributed by atoms with Crippen LogP contribution in [0.3, 0.4) is 0 Å². The molecular weight excluding hydrogens is 322 g/mol. The summed E-state index contributed by atoms with van der Waals surface area (Å²) >= 11 is 0. The average molecular weight is 339 g/mol. The van der Waals surface area contributed by atoms with Gasteiger partial charge in [-0.1, -0.05) is 36.4 Å². The Morgan fingerprint density at radius 2 is 1.62 bits per heavy atom. The highest BCUT2D eigenvalue weighted by molar-refractivity contribution is 7.71. The molecule has 122 valence electrons. The summed E-state index contributed by atoms with van der Waals surface area (Å²) in [7, 11) is -2.43. The smallest absolute Gasteiger partial charge is 0.255 e. The molecule has 0 atom stereocenters. The Balaban J connectivity index is 2.01. The van der Waals surface area contributed by atoms with Crippen LogP contribution in [0.5, 0.6) is 0 Å². The number of nitrogens with zero attached hydrogens (tertiary/aromatic N) is 1. The van der Waals surface area contributed by atoms with Gasteiger partial charge in [0.15, 0.2) is 0 Å². The van der Waals surface area contributed by atoms with Crippen LogP contribution in [0.4, 0.5) is 0 Å². The number of rotatable bonds is 4. The van der Waals surface area contributed by atoms with Gasteiger partial charge in [-0.2, -0.15) is 0 Å². The Morgan fingerprint density at radius 3 is 2.29 bits per heavy atom. The van der Waals surface area contributed by atoms with Gasteiger partial charge < -0.3 is 0 Å². The molecule has 1 aromatic heterocycles. The Labute approximate surface area is 142 Å². The van der Waals surface area contributed by atoms with E-state index in [2.05, 4.69) is 0 Å². The Kier molecular flexibility index (Phi) is 4.62. The lowest BCUT2D eigenvalue weighted by Crippen LogP contribution is -2.16. The molecule has 0 spiro atoms. The van der Waals surface area contributed by atoms with Crippen LogP contribution in [-0.4, -0.2) is 13.0 Å². The van der Waals surface area contributed by atoms with Crippen molar-refractivity contribution in [1.29, 1.82) is 0 Å². The van der Waals surface area contributed by atoms with E-state index in [-0.39, 0.29) is 11.3 Å². The van der Waals surface area contributed by atoms with Crippen LogP contribution in [0.2, 0.25) is 0 Å². The SMILES string of the molecule is Cc1cccc(-n2cc(-c3ccc(C[SH](=O)=O)cc3)ccc2=O)c1. The molecule has 0 aliphatic rings. The largest absolute Gasteiger partial charge is 0.284 e. The third-order valence-corrected chi connectivity index (χ3v) is 4.41. The van der Waals surface area contributed by atoms with Crippen LogP contribution in [-0.2, 0) is 16.5 Å². The Morgan fingerprint density at radius 1 is 0.917 bits per heavy atom. The maximum absolute atomic E-state index is 12.2. The molecule has 0 saturated heterocycles. The topological polar surface area (TPSA) is 56.1 Å². The van der Waals surface area contributed by atoms with Crippen molar-refractivity contribution in [1.82, 2.24) is 4.57 Å². The van der Waals surface area contributed by atoms with Crippen LogP contribution in [0.1, 0.15) is 11.1 Å². The van der Waals surface area contributed by atoms with Gasteiger partial charge in [0.25, 0.3) is 5.56 Å². The standard InChI is InChI=1S/C19H17NO3S/c1-14-3-2-4-18(11-14)20-12-17(9-10-19(20)21)16-7-5-15(6-8-16)13-24(22)23/h2-12,24H,13H2,1H3. The minimum Gasteiger partial charge on any atom is -0.284 e. The van der Waals surface area contributed by atoms with Crippen molar-refractivity contribution in [3.63, 3.8) is 0 Å². The number of aromatic nitrogens is 1. The summed E-state index contributed by atoms with van der Waals surface area (Å²) in [6.07, 6.45) is 1.81. The summed E-state index contributed by atoms with van der Waals surface area (Å²) in [5, 5.41) is 0. The van der Waals surface area contributed by atoms with Crippen molar-refractivity contribution in [3.8, 4) is 16.8 Å². The van der Waals surface area contributed by atoms with Crippen molar-refractivity contribution < 1.29 is 8.42 Å². The van der Waals surface area contributed by atoms with E-state index in [0.29, 0.717) is 0 Å². The van der Waals surface area contributed by atoms with Gasteiger partial charge in [0.05, 0.1) is 5.75 Å². The molecule has 0 unspecified atom stereocenters. The summed E-state index contributed by atoms with van der Waals surface area (Å²) < 4.78 is 23.2. The minimum absolute atomic E-state index is 0.0401. The summed E-state index contributed by atoms with van der Waals surface area (Å²) in [6, 6.07) is 18.4. The van der Waals surface area contributed by atoms with E-state index < -0.39 is 10.7 Å². The number of pyridine rings is 1. The van der Waals surface area contributed by atoms with Gasteiger partial charge in [-0.05, 0) is 47.4 Å². The predicted octanol–water partition coefficient (Wildman–Crippen LogP) is 2.92. The summed E-state index contributed by atoms with van der Waals surface area (Å²) in [4.78, 5) is 12.2. The Hall–Kier alpha value is -2.66. The highest BCUT2D eigenvalue weighted by Crippen LogP contribution is 2.20. The molecule has 0 N–H and O–H groups in total. The predicted molar refractivity (Wildman–Crippen MR) is 96.2 cm³/mol. The fourth-order valence-corrected chi connectivity index (χ4v) is 3.10. The van der Waals surface area contributed by atoms with Gasteiger partial charge in [0.1, 0.15) is 10.7 Å². The summed E-state index contributed by atoms with van der Waals surface area (Å²) in [5.74, 6) is 0.0401. The van der Waals surface area contributed by atoms with Crippen molar-refractivity contribution in [2.75, 3.05) is 0 Å². The van der Waals surface area contributed by atoms with E-state index >= 15 is 0 Å². The zero-order valence-electron chi connectivity index (χ0n) is 13.2. The fourth-order valence-electron chi connectivity index (χ4n) is 2.59. The zero-order valence-corrected chi connectivity index (χ0v) is 14.1. The molecule has 0 aliphatic carbocycles. The number of thiol groups is 1. The van der Waals surface area contributed by atoms with Crippen molar-refractivity contribution >= 4 is 10.7 Å². The first kappa shape index (κ1) is 16.2. The van der Waals surface area contributed by atoms with Crippen LogP contribution < -0.4 is 5.56 Å². The van der Waals surface area contributed by atoms with E-state index in [4.69, 9.17) is 0 Å². The molecule has 4 nitrogen and oxygen atoms in total. The number of benzene rings is 2. The lowest BCUT2D eigenvalue weighted by atomic mass is 10.1. The van der Waals surface area contributed by atoms with Crippen LogP contribution >= 0.6 is 0 Å². The van der Waals surface area contributed by atoms with Gasteiger partial charge in [0.2, 0.25) is 0 Å². The summed E-state index contributed by atoms with van der Waals surface area (Å²) in [6.45, 7) is 1.98. The molecule has 24 heavy (non-hydrogen) atoms. The third-order valence-electron chi connectivity index (χ3n) is 3.79. The van der Waals surface area contributed by atoms with E-state index in [1.165, 1.54) is 0 Å². The molecule has 5 heteroatoms. The number of aryl methyl sites for hydroxylation is 1. The molecule has 0 radical (unpaired) electrons. The molecule has 0 saturated carbocycles. The molecule has 3 rings (SSSR count). The third kappa shape index (κ3) is 3.63. The maximum Gasteiger partial charge on any atom is 0.255 e. The Bertz CT molecular complexity index is 994. The molecule has 2 aromatic carbocycles. The quantitative estimate of drug-likeness (QED) is 0.744. The van der Waals surface area contributed by atoms with E-state index in [9.17, 15) is 13.2 Å². The zero-order chi connectivity index (χ0) is 17.1.